The van der Waals surface area contributed by atoms with Gasteiger partial charge < -0.3 is 5.32 Å². The van der Waals surface area contributed by atoms with Crippen molar-refractivity contribution in [3.8, 4) is 0 Å². The highest BCUT2D eigenvalue weighted by Gasteiger charge is 2.12. The quantitative estimate of drug-likeness (QED) is 0.590. The Balaban J connectivity index is 1.50. The molecule has 0 radical (unpaired) electrons. The Morgan fingerprint density at radius 1 is 0.962 bits per heavy atom. The fourth-order valence-corrected chi connectivity index (χ4v) is 2.51. The lowest BCUT2D eigenvalue weighted by molar-refractivity contribution is 0.102. The summed E-state index contributed by atoms with van der Waals surface area (Å²) in [6, 6.07) is 12.4. The molecule has 0 fully saturated rings. The van der Waals surface area contributed by atoms with Crippen molar-refractivity contribution in [1.82, 2.24) is 24.5 Å². The van der Waals surface area contributed by atoms with Gasteiger partial charge in [-0.1, -0.05) is 0 Å². The first-order valence-electron chi connectivity index (χ1n) is 7.93. The number of carbonyl (C=O) groups excluding carboxylic acids is 1. The van der Waals surface area contributed by atoms with Crippen molar-refractivity contribution >= 4 is 34.7 Å². The maximum atomic E-state index is 12.5. The van der Waals surface area contributed by atoms with Crippen molar-refractivity contribution in [3.63, 3.8) is 0 Å². The molecule has 0 atom stereocenters. The van der Waals surface area contributed by atoms with Gasteiger partial charge in [-0.25, -0.2) is 19.9 Å². The van der Waals surface area contributed by atoms with E-state index in [4.69, 9.17) is 0 Å². The lowest BCUT2D eigenvalue weighted by Gasteiger charge is -2.07. The van der Waals surface area contributed by atoms with Crippen molar-refractivity contribution in [2.45, 2.75) is 0 Å². The summed E-state index contributed by atoms with van der Waals surface area (Å²) in [6.45, 7) is 0. The van der Waals surface area contributed by atoms with Crippen molar-refractivity contribution in [1.29, 1.82) is 0 Å². The zero-order valence-electron chi connectivity index (χ0n) is 13.9. The van der Waals surface area contributed by atoms with E-state index in [0.717, 1.165) is 11.2 Å². The maximum absolute atomic E-state index is 12.5. The van der Waals surface area contributed by atoms with E-state index < -0.39 is 0 Å². The van der Waals surface area contributed by atoms with Crippen LogP contribution >= 0.6 is 0 Å². The highest BCUT2D eigenvalue weighted by atomic mass is 16.1. The van der Waals surface area contributed by atoms with Crippen LogP contribution in [0.4, 0.5) is 17.6 Å². The number of carbonyl (C=O) groups is 1. The summed E-state index contributed by atoms with van der Waals surface area (Å²) < 4.78 is 1.75. The second-order valence-corrected chi connectivity index (χ2v) is 5.57. The van der Waals surface area contributed by atoms with E-state index in [1.165, 1.54) is 0 Å². The predicted octanol–water partition coefficient (Wildman–Crippen LogP) is 2.75. The molecule has 8 heteroatoms. The van der Waals surface area contributed by atoms with Crippen LogP contribution in [0.1, 0.15) is 10.4 Å². The molecule has 0 saturated carbocycles. The molecule has 0 spiro atoms. The predicted molar refractivity (Wildman–Crippen MR) is 98.2 cm³/mol. The number of rotatable bonds is 4. The van der Waals surface area contributed by atoms with Crippen LogP contribution in [-0.2, 0) is 7.05 Å². The Bertz CT molecular complexity index is 1060. The molecule has 4 rings (SSSR count). The molecule has 1 aromatic carbocycles. The third kappa shape index (κ3) is 3.07. The molecule has 0 saturated heterocycles. The fourth-order valence-electron chi connectivity index (χ4n) is 2.51. The number of amides is 1. The summed E-state index contributed by atoms with van der Waals surface area (Å²) >= 11 is 0. The van der Waals surface area contributed by atoms with Gasteiger partial charge in [0.1, 0.15) is 5.52 Å². The molecule has 0 unspecified atom stereocenters. The molecule has 0 aliphatic carbocycles. The SMILES string of the molecule is Cn1c(NC(=O)c2ccc(Nc3ncccn3)cc2)nc2cccnc21. The summed E-state index contributed by atoms with van der Waals surface area (Å²) in [7, 11) is 1.81. The highest BCUT2D eigenvalue weighted by molar-refractivity contribution is 6.04. The number of fused-ring (bicyclic) bond motifs is 1. The van der Waals surface area contributed by atoms with Crippen LogP contribution in [0.3, 0.4) is 0 Å². The lowest BCUT2D eigenvalue weighted by Crippen LogP contribution is -2.15. The van der Waals surface area contributed by atoms with Gasteiger partial charge in [-0.05, 0) is 42.5 Å². The van der Waals surface area contributed by atoms with E-state index in [1.54, 1.807) is 53.5 Å². The number of pyridine rings is 1. The molecular formula is C18H15N7O. The topological polar surface area (TPSA) is 97.6 Å². The van der Waals surface area contributed by atoms with Crippen molar-refractivity contribution in [3.05, 3.63) is 66.6 Å². The molecule has 0 aliphatic heterocycles. The molecule has 4 aromatic rings. The Morgan fingerprint density at radius 3 is 2.42 bits per heavy atom. The molecule has 3 heterocycles. The molecule has 3 aromatic heterocycles. The monoisotopic (exact) mass is 345 g/mol. The van der Waals surface area contributed by atoms with Crippen LogP contribution in [0.15, 0.2) is 61.1 Å². The van der Waals surface area contributed by atoms with Gasteiger partial charge in [0.25, 0.3) is 5.91 Å². The Hall–Kier alpha value is -3.81. The minimum atomic E-state index is -0.245. The van der Waals surface area contributed by atoms with Crippen LogP contribution in [0.25, 0.3) is 11.2 Å². The van der Waals surface area contributed by atoms with Crippen LogP contribution in [0.5, 0.6) is 0 Å². The average molecular weight is 345 g/mol. The third-order valence-corrected chi connectivity index (χ3v) is 3.82. The van der Waals surface area contributed by atoms with Gasteiger partial charge in [-0.15, -0.1) is 0 Å². The van der Waals surface area contributed by atoms with Gasteiger partial charge in [0, 0.05) is 36.9 Å². The number of aromatic nitrogens is 5. The number of aryl methyl sites for hydroxylation is 1. The molecule has 0 aliphatic rings. The second-order valence-electron chi connectivity index (χ2n) is 5.57. The fraction of sp³-hybridized carbons (Fsp3) is 0.0556. The largest absolute Gasteiger partial charge is 0.324 e. The normalized spacial score (nSPS) is 10.7. The molecule has 8 nitrogen and oxygen atoms in total. The van der Waals surface area contributed by atoms with Gasteiger partial charge in [0.05, 0.1) is 0 Å². The molecular weight excluding hydrogens is 330 g/mol. The summed E-state index contributed by atoms with van der Waals surface area (Å²) in [5.41, 5.74) is 2.75. The number of hydrogen-bond acceptors (Lipinski definition) is 6. The summed E-state index contributed by atoms with van der Waals surface area (Å²) in [6.07, 6.45) is 5.00. The lowest BCUT2D eigenvalue weighted by atomic mass is 10.2. The smallest absolute Gasteiger partial charge is 0.257 e. The first kappa shape index (κ1) is 15.7. The van der Waals surface area contributed by atoms with E-state index in [-0.39, 0.29) is 5.91 Å². The Kier molecular flexibility index (Phi) is 3.98. The minimum Gasteiger partial charge on any atom is -0.324 e. The maximum Gasteiger partial charge on any atom is 0.257 e. The van der Waals surface area contributed by atoms with Gasteiger partial charge in [0.15, 0.2) is 5.65 Å². The van der Waals surface area contributed by atoms with Crippen LogP contribution in [0, 0.1) is 0 Å². The molecule has 2 N–H and O–H groups in total. The average Bonchev–Trinajstić information content (AvgIpc) is 2.99. The van der Waals surface area contributed by atoms with E-state index in [2.05, 4.69) is 30.6 Å². The van der Waals surface area contributed by atoms with E-state index >= 15 is 0 Å². The van der Waals surface area contributed by atoms with E-state index in [0.29, 0.717) is 23.1 Å². The van der Waals surface area contributed by atoms with Crippen LogP contribution in [-0.4, -0.2) is 30.4 Å². The zero-order chi connectivity index (χ0) is 17.9. The minimum absolute atomic E-state index is 0.245. The highest BCUT2D eigenvalue weighted by Crippen LogP contribution is 2.17. The van der Waals surface area contributed by atoms with Crippen molar-refractivity contribution in [2.75, 3.05) is 10.6 Å². The molecule has 128 valence electrons. The second kappa shape index (κ2) is 6.60. The van der Waals surface area contributed by atoms with Crippen LogP contribution in [0.2, 0.25) is 0 Å². The first-order valence-corrected chi connectivity index (χ1v) is 7.93. The third-order valence-electron chi connectivity index (χ3n) is 3.82. The molecule has 26 heavy (non-hydrogen) atoms. The number of nitrogens with zero attached hydrogens (tertiary/aromatic N) is 5. The van der Waals surface area contributed by atoms with Crippen LogP contribution < -0.4 is 10.6 Å². The zero-order valence-corrected chi connectivity index (χ0v) is 13.9. The van der Waals surface area contributed by atoms with Gasteiger partial charge in [-0.3, -0.25) is 14.7 Å². The van der Waals surface area contributed by atoms with Gasteiger partial charge in [-0.2, -0.15) is 0 Å². The Labute approximate surface area is 149 Å². The van der Waals surface area contributed by atoms with Crippen molar-refractivity contribution in [2.24, 2.45) is 7.05 Å². The number of nitrogens with one attached hydrogen (secondary N) is 2. The van der Waals surface area contributed by atoms with Gasteiger partial charge in [0.2, 0.25) is 11.9 Å². The number of hydrogen-bond donors (Lipinski definition) is 2. The summed E-state index contributed by atoms with van der Waals surface area (Å²) in [5.74, 6) is 0.700. The summed E-state index contributed by atoms with van der Waals surface area (Å²) in [5, 5.41) is 5.88. The van der Waals surface area contributed by atoms with E-state index in [1.807, 2.05) is 19.2 Å². The first-order chi connectivity index (χ1) is 12.7. The molecule has 0 bridgehead atoms. The summed E-state index contributed by atoms with van der Waals surface area (Å²) in [4.78, 5) is 29.3. The number of anilines is 3. The standard InChI is InChI=1S/C18H15N7O/c1-25-15-14(4-2-9-19-15)23-18(25)24-16(26)12-5-7-13(8-6-12)22-17-20-10-3-11-21-17/h2-11H,1H3,(H,20,21,22)(H,23,24,26). The van der Waals surface area contributed by atoms with E-state index in [9.17, 15) is 4.79 Å². The number of imidazole rings is 1. The number of benzene rings is 1. The Morgan fingerprint density at radius 2 is 1.69 bits per heavy atom. The van der Waals surface area contributed by atoms with Crippen molar-refractivity contribution < 1.29 is 4.79 Å². The van der Waals surface area contributed by atoms with Gasteiger partial charge >= 0.3 is 0 Å². The molecule has 1 amide bonds.